The van der Waals surface area contributed by atoms with Gasteiger partial charge in [-0.3, -0.25) is 4.79 Å². The molecule has 6 heteroatoms. The number of aryl methyl sites for hydroxylation is 1. The lowest BCUT2D eigenvalue weighted by Gasteiger charge is -2.12. The zero-order valence-corrected chi connectivity index (χ0v) is 17.8. The number of pyridine rings is 1. The van der Waals surface area contributed by atoms with Crippen LogP contribution in [0.3, 0.4) is 0 Å². The smallest absolute Gasteiger partial charge is 0.252 e. The summed E-state index contributed by atoms with van der Waals surface area (Å²) >= 11 is 0. The number of hydrogen-bond acceptors (Lipinski definition) is 5. The van der Waals surface area contributed by atoms with Crippen LogP contribution in [0.1, 0.15) is 21.5 Å². The molecule has 0 saturated carbocycles. The molecule has 0 spiro atoms. The molecule has 0 saturated heterocycles. The standard InChI is InChI=1S/C25H24N2O4/c1-16-6-8-20-18(13-16)19(15-21(27-20)22-5-4-12-31-22)25(28)26-11-10-17-7-9-23(29-2)24(14-17)30-3/h4-9,12-15H,10-11H2,1-3H3,(H,26,28). The van der Waals surface area contributed by atoms with Crippen molar-refractivity contribution in [2.75, 3.05) is 20.8 Å². The minimum atomic E-state index is -0.147. The second-order valence-electron chi connectivity index (χ2n) is 7.25. The van der Waals surface area contributed by atoms with E-state index in [2.05, 4.69) is 10.3 Å². The van der Waals surface area contributed by atoms with Gasteiger partial charge in [0.05, 0.1) is 31.6 Å². The Morgan fingerprint density at radius 3 is 2.61 bits per heavy atom. The highest BCUT2D eigenvalue weighted by Crippen LogP contribution is 2.28. The number of fused-ring (bicyclic) bond motifs is 1. The van der Waals surface area contributed by atoms with Crippen LogP contribution >= 0.6 is 0 Å². The lowest BCUT2D eigenvalue weighted by Crippen LogP contribution is -2.26. The Morgan fingerprint density at radius 2 is 1.87 bits per heavy atom. The van der Waals surface area contributed by atoms with E-state index in [9.17, 15) is 4.79 Å². The molecule has 0 radical (unpaired) electrons. The highest BCUT2D eigenvalue weighted by atomic mass is 16.5. The molecule has 0 aliphatic heterocycles. The highest BCUT2D eigenvalue weighted by molar-refractivity contribution is 6.07. The second kappa shape index (κ2) is 8.92. The monoisotopic (exact) mass is 416 g/mol. The maximum Gasteiger partial charge on any atom is 0.252 e. The Kier molecular flexibility index (Phi) is 5.89. The Bertz CT molecular complexity index is 1220. The van der Waals surface area contributed by atoms with Crippen LogP contribution in [0.15, 0.2) is 65.3 Å². The predicted octanol–water partition coefficient (Wildman–Crippen LogP) is 4.79. The third kappa shape index (κ3) is 4.38. The lowest BCUT2D eigenvalue weighted by atomic mass is 10.0. The van der Waals surface area contributed by atoms with Crippen molar-refractivity contribution in [1.29, 1.82) is 0 Å². The van der Waals surface area contributed by atoms with Gasteiger partial charge >= 0.3 is 0 Å². The van der Waals surface area contributed by atoms with Gasteiger partial charge in [0.15, 0.2) is 17.3 Å². The molecule has 0 unspecified atom stereocenters. The number of carbonyl (C=O) groups is 1. The van der Waals surface area contributed by atoms with Crippen LogP contribution < -0.4 is 14.8 Å². The van der Waals surface area contributed by atoms with Crippen LogP contribution in [0.4, 0.5) is 0 Å². The molecule has 4 rings (SSSR count). The summed E-state index contributed by atoms with van der Waals surface area (Å²) in [6.07, 6.45) is 2.26. The molecule has 31 heavy (non-hydrogen) atoms. The van der Waals surface area contributed by atoms with Crippen molar-refractivity contribution in [3.05, 3.63) is 77.6 Å². The number of amides is 1. The van der Waals surface area contributed by atoms with E-state index in [-0.39, 0.29) is 5.91 Å². The summed E-state index contributed by atoms with van der Waals surface area (Å²) in [5.41, 5.74) is 4.08. The molecule has 0 bridgehead atoms. The molecule has 0 aliphatic rings. The summed E-state index contributed by atoms with van der Waals surface area (Å²) in [4.78, 5) is 17.8. The van der Waals surface area contributed by atoms with Gasteiger partial charge < -0.3 is 19.2 Å². The van der Waals surface area contributed by atoms with Crippen molar-refractivity contribution in [1.82, 2.24) is 10.3 Å². The van der Waals surface area contributed by atoms with E-state index in [0.717, 1.165) is 22.0 Å². The quantitative estimate of drug-likeness (QED) is 0.469. The fourth-order valence-corrected chi connectivity index (χ4v) is 3.53. The van der Waals surface area contributed by atoms with Gasteiger partial charge in [-0.15, -0.1) is 0 Å². The third-order valence-corrected chi connectivity index (χ3v) is 5.13. The first kappa shape index (κ1) is 20.5. The van der Waals surface area contributed by atoms with Gasteiger partial charge in [0.25, 0.3) is 5.91 Å². The molecule has 1 amide bonds. The molecule has 0 fully saturated rings. The van der Waals surface area contributed by atoms with Gasteiger partial charge in [-0.1, -0.05) is 17.7 Å². The van der Waals surface area contributed by atoms with Crippen molar-refractivity contribution >= 4 is 16.8 Å². The summed E-state index contributed by atoms with van der Waals surface area (Å²) in [6.45, 7) is 2.48. The largest absolute Gasteiger partial charge is 0.493 e. The molecule has 0 aliphatic carbocycles. The van der Waals surface area contributed by atoms with E-state index in [0.29, 0.717) is 41.5 Å². The second-order valence-corrected chi connectivity index (χ2v) is 7.25. The van der Waals surface area contributed by atoms with Crippen molar-refractivity contribution < 1.29 is 18.7 Å². The number of nitrogens with zero attached hydrogens (tertiary/aromatic N) is 1. The first-order chi connectivity index (χ1) is 15.1. The van der Waals surface area contributed by atoms with Crippen molar-refractivity contribution in [2.24, 2.45) is 0 Å². The molecule has 1 N–H and O–H groups in total. The fourth-order valence-electron chi connectivity index (χ4n) is 3.53. The Labute approximate surface area is 180 Å². The summed E-state index contributed by atoms with van der Waals surface area (Å²) in [6, 6.07) is 17.1. The van der Waals surface area contributed by atoms with Crippen LogP contribution in [-0.2, 0) is 6.42 Å². The average molecular weight is 416 g/mol. The topological polar surface area (TPSA) is 73.6 Å². The number of aromatic nitrogens is 1. The van der Waals surface area contributed by atoms with E-state index in [1.54, 1.807) is 32.6 Å². The summed E-state index contributed by atoms with van der Waals surface area (Å²) < 4.78 is 16.1. The van der Waals surface area contributed by atoms with Gasteiger partial charge in [0.1, 0.15) is 5.69 Å². The van der Waals surface area contributed by atoms with E-state index in [1.165, 1.54) is 0 Å². The van der Waals surface area contributed by atoms with E-state index < -0.39 is 0 Å². The van der Waals surface area contributed by atoms with Gasteiger partial charge in [-0.05, 0) is 61.4 Å². The molecule has 2 aromatic heterocycles. The lowest BCUT2D eigenvalue weighted by molar-refractivity contribution is 0.0955. The zero-order valence-electron chi connectivity index (χ0n) is 17.8. The van der Waals surface area contributed by atoms with Crippen LogP contribution in [0, 0.1) is 6.92 Å². The molecule has 2 heterocycles. The minimum Gasteiger partial charge on any atom is -0.493 e. The van der Waals surface area contributed by atoms with Crippen LogP contribution in [0.5, 0.6) is 11.5 Å². The van der Waals surface area contributed by atoms with E-state index >= 15 is 0 Å². The van der Waals surface area contributed by atoms with Crippen molar-refractivity contribution in [3.63, 3.8) is 0 Å². The van der Waals surface area contributed by atoms with Crippen molar-refractivity contribution in [3.8, 4) is 23.0 Å². The number of nitrogens with one attached hydrogen (secondary N) is 1. The number of furan rings is 1. The minimum absolute atomic E-state index is 0.147. The predicted molar refractivity (Wildman–Crippen MR) is 120 cm³/mol. The third-order valence-electron chi connectivity index (χ3n) is 5.13. The zero-order chi connectivity index (χ0) is 21.8. The Morgan fingerprint density at radius 1 is 1.03 bits per heavy atom. The fraction of sp³-hybridized carbons (Fsp3) is 0.200. The number of rotatable bonds is 7. The van der Waals surface area contributed by atoms with Gasteiger partial charge in [0, 0.05) is 11.9 Å². The SMILES string of the molecule is COc1ccc(CCNC(=O)c2cc(-c3ccco3)nc3ccc(C)cc23)cc1OC. The summed E-state index contributed by atoms with van der Waals surface area (Å²) in [5, 5.41) is 3.85. The molecular formula is C25H24N2O4. The summed E-state index contributed by atoms with van der Waals surface area (Å²) in [5.74, 6) is 1.83. The van der Waals surface area contributed by atoms with Gasteiger partial charge in [-0.25, -0.2) is 4.98 Å². The average Bonchev–Trinajstić information content (AvgIpc) is 3.33. The van der Waals surface area contributed by atoms with Crippen LogP contribution in [-0.4, -0.2) is 31.7 Å². The Hall–Kier alpha value is -3.80. The molecular weight excluding hydrogens is 392 g/mol. The first-order valence-electron chi connectivity index (χ1n) is 10.0. The number of benzene rings is 2. The van der Waals surface area contributed by atoms with Gasteiger partial charge in [0.2, 0.25) is 0 Å². The molecule has 6 nitrogen and oxygen atoms in total. The molecule has 0 atom stereocenters. The number of methoxy groups -OCH3 is 2. The highest BCUT2D eigenvalue weighted by Gasteiger charge is 2.15. The van der Waals surface area contributed by atoms with Crippen LogP contribution in [0.2, 0.25) is 0 Å². The normalized spacial score (nSPS) is 10.8. The first-order valence-corrected chi connectivity index (χ1v) is 10.0. The molecule has 158 valence electrons. The van der Waals surface area contributed by atoms with Gasteiger partial charge in [-0.2, -0.15) is 0 Å². The maximum absolute atomic E-state index is 13.1. The van der Waals surface area contributed by atoms with Crippen molar-refractivity contribution in [2.45, 2.75) is 13.3 Å². The number of ether oxygens (including phenoxy) is 2. The number of hydrogen-bond donors (Lipinski definition) is 1. The summed E-state index contributed by atoms with van der Waals surface area (Å²) in [7, 11) is 3.21. The molecule has 4 aromatic rings. The Balaban J connectivity index is 1.56. The molecule has 2 aromatic carbocycles. The maximum atomic E-state index is 13.1. The number of carbonyl (C=O) groups excluding carboxylic acids is 1. The van der Waals surface area contributed by atoms with Crippen LogP contribution in [0.25, 0.3) is 22.4 Å². The van der Waals surface area contributed by atoms with E-state index in [4.69, 9.17) is 13.9 Å². The van der Waals surface area contributed by atoms with E-state index in [1.807, 2.05) is 49.4 Å².